The van der Waals surface area contributed by atoms with E-state index in [9.17, 15) is 4.79 Å². The molecule has 1 aromatic rings. The van der Waals surface area contributed by atoms with Crippen LogP contribution in [0.2, 0.25) is 0 Å². The number of hydrogen-bond acceptors (Lipinski definition) is 4. The third-order valence-corrected chi connectivity index (χ3v) is 3.73. The second kappa shape index (κ2) is 7.88. The van der Waals surface area contributed by atoms with Crippen LogP contribution in [0.5, 0.6) is 5.75 Å². The molecule has 1 N–H and O–H groups in total. The van der Waals surface area contributed by atoms with Crippen molar-refractivity contribution in [1.29, 1.82) is 0 Å². The Hall–Kier alpha value is -1.75. The molecule has 1 saturated heterocycles. The third-order valence-electron chi connectivity index (χ3n) is 3.73. The van der Waals surface area contributed by atoms with Crippen LogP contribution in [0.15, 0.2) is 24.3 Å². The van der Waals surface area contributed by atoms with E-state index < -0.39 is 5.60 Å². The molecule has 5 nitrogen and oxygen atoms in total. The summed E-state index contributed by atoms with van der Waals surface area (Å²) < 4.78 is 11.1. The molecule has 24 heavy (non-hydrogen) atoms. The number of carbonyl (C=O) groups excluding carboxylic acids is 1. The minimum Gasteiger partial charge on any atom is -0.491 e. The van der Waals surface area contributed by atoms with E-state index in [0.29, 0.717) is 0 Å². The standard InChI is InChI=1S/C19H30N2O3/c1-14(2)23-16-9-7-15(8-10-16)17(13-21-11-6-12-21)20-18(22)24-19(3,4)5/h7-10,14,17H,6,11-13H2,1-5H3,(H,20,22)/t17-/m1/s1. The van der Waals surface area contributed by atoms with Gasteiger partial charge in [-0.1, -0.05) is 12.1 Å². The molecule has 0 radical (unpaired) electrons. The molecule has 0 aliphatic carbocycles. The minimum absolute atomic E-state index is 0.0896. The summed E-state index contributed by atoms with van der Waals surface area (Å²) in [6.45, 7) is 12.6. The van der Waals surface area contributed by atoms with Crippen molar-refractivity contribution in [3.8, 4) is 5.75 Å². The summed E-state index contributed by atoms with van der Waals surface area (Å²) in [6.07, 6.45) is 0.989. The first-order chi connectivity index (χ1) is 11.2. The molecule has 0 saturated carbocycles. The molecule has 0 aromatic heterocycles. The molecule has 1 aromatic carbocycles. The molecule has 0 unspecified atom stereocenters. The lowest BCUT2D eigenvalue weighted by Gasteiger charge is -2.34. The molecule has 1 amide bonds. The predicted molar refractivity (Wildman–Crippen MR) is 95.4 cm³/mol. The number of alkyl carbamates (subject to hydrolysis) is 1. The fraction of sp³-hybridized carbons (Fsp3) is 0.632. The van der Waals surface area contributed by atoms with Gasteiger partial charge < -0.3 is 19.7 Å². The topological polar surface area (TPSA) is 50.8 Å². The van der Waals surface area contributed by atoms with Gasteiger partial charge in [0.15, 0.2) is 0 Å². The lowest BCUT2D eigenvalue weighted by molar-refractivity contribution is 0.0479. The van der Waals surface area contributed by atoms with E-state index in [1.165, 1.54) is 6.42 Å². The van der Waals surface area contributed by atoms with E-state index in [0.717, 1.165) is 30.9 Å². The van der Waals surface area contributed by atoms with Crippen LogP contribution in [0.3, 0.4) is 0 Å². The van der Waals surface area contributed by atoms with Gasteiger partial charge in [-0.3, -0.25) is 0 Å². The van der Waals surface area contributed by atoms with Crippen molar-refractivity contribution in [2.24, 2.45) is 0 Å². The average Bonchev–Trinajstić information content (AvgIpc) is 2.39. The SMILES string of the molecule is CC(C)Oc1ccc([C@@H](CN2CCC2)NC(=O)OC(C)(C)C)cc1. The maximum absolute atomic E-state index is 12.2. The Labute approximate surface area is 145 Å². The molecule has 134 valence electrons. The highest BCUT2D eigenvalue weighted by molar-refractivity contribution is 5.68. The molecule has 0 spiro atoms. The van der Waals surface area contributed by atoms with Crippen molar-refractivity contribution in [2.45, 2.75) is 58.8 Å². The summed E-state index contributed by atoms with van der Waals surface area (Å²) in [7, 11) is 0. The van der Waals surface area contributed by atoms with Gasteiger partial charge in [-0.25, -0.2) is 4.79 Å². The van der Waals surface area contributed by atoms with Crippen LogP contribution < -0.4 is 10.1 Å². The third kappa shape index (κ3) is 6.04. The van der Waals surface area contributed by atoms with Gasteiger partial charge in [0.2, 0.25) is 0 Å². The van der Waals surface area contributed by atoms with Gasteiger partial charge in [-0.15, -0.1) is 0 Å². The summed E-state index contributed by atoms with van der Waals surface area (Å²) in [5, 5.41) is 3.01. The lowest BCUT2D eigenvalue weighted by Crippen LogP contribution is -2.45. The Morgan fingerprint density at radius 1 is 1.21 bits per heavy atom. The summed E-state index contributed by atoms with van der Waals surface area (Å²) in [4.78, 5) is 14.5. The average molecular weight is 334 g/mol. The van der Waals surface area contributed by atoms with Crippen molar-refractivity contribution in [3.63, 3.8) is 0 Å². The molecule has 2 rings (SSSR count). The Morgan fingerprint density at radius 3 is 2.29 bits per heavy atom. The van der Waals surface area contributed by atoms with Crippen molar-refractivity contribution < 1.29 is 14.3 Å². The number of nitrogens with one attached hydrogen (secondary N) is 1. The van der Waals surface area contributed by atoms with E-state index in [-0.39, 0.29) is 18.2 Å². The summed E-state index contributed by atoms with van der Waals surface area (Å²) >= 11 is 0. The molecule has 0 bridgehead atoms. The van der Waals surface area contributed by atoms with Crippen LogP contribution in [0.1, 0.15) is 52.6 Å². The first kappa shape index (κ1) is 18.6. The summed E-state index contributed by atoms with van der Waals surface area (Å²) in [5.41, 5.74) is 0.559. The molecule has 1 atom stereocenters. The van der Waals surface area contributed by atoms with Crippen molar-refractivity contribution in [2.75, 3.05) is 19.6 Å². The molecule has 1 fully saturated rings. The van der Waals surface area contributed by atoms with Crippen LogP contribution in [-0.4, -0.2) is 42.3 Å². The smallest absolute Gasteiger partial charge is 0.408 e. The monoisotopic (exact) mass is 334 g/mol. The largest absolute Gasteiger partial charge is 0.491 e. The maximum Gasteiger partial charge on any atom is 0.408 e. The number of carbonyl (C=O) groups is 1. The highest BCUT2D eigenvalue weighted by Crippen LogP contribution is 2.22. The zero-order chi connectivity index (χ0) is 17.7. The number of amides is 1. The first-order valence-electron chi connectivity index (χ1n) is 8.71. The van der Waals surface area contributed by atoms with Crippen molar-refractivity contribution in [3.05, 3.63) is 29.8 Å². The molecular weight excluding hydrogens is 304 g/mol. The fourth-order valence-electron chi connectivity index (χ4n) is 2.56. The van der Waals surface area contributed by atoms with Gasteiger partial charge in [0.05, 0.1) is 12.1 Å². The number of hydrogen-bond donors (Lipinski definition) is 1. The van der Waals surface area contributed by atoms with Crippen LogP contribution in [-0.2, 0) is 4.74 Å². The van der Waals surface area contributed by atoms with E-state index >= 15 is 0 Å². The second-order valence-corrected chi connectivity index (χ2v) is 7.59. The second-order valence-electron chi connectivity index (χ2n) is 7.59. The Balaban J connectivity index is 2.05. The van der Waals surface area contributed by atoms with Crippen LogP contribution >= 0.6 is 0 Å². The number of ether oxygens (including phenoxy) is 2. The highest BCUT2D eigenvalue weighted by atomic mass is 16.6. The van der Waals surface area contributed by atoms with Gasteiger partial charge in [-0.05, 0) is 71.8 Å². The lowest BCUT2D eigenvalue weighted by atomic mass is 10.0. The molecule has 1 aliphatic rings. The zero-order valence-corrected chi connectivity index (χ0v) is 15.5. The fourth-order valence-corrected chi connectivity index (χ4v) is 2.56. The quantitative estimate of drug-likeness (QED) is 0.861. The molecular formula is C19H30N2O3. The molecule has 1 aliphatic heterocycles. The summed E-state index contributed by atoms with van der Waals surface area (Å²) in [5.74, 6) is 0.841. The number of likely N-dealkylation sites (tertiary alicyclic amines) is 1. The van der Waals surface area contributed by atoms with Gasteiger partial charge in [0.1, 0.15) is 11.4 Å². The maximum atomic E-state index is 12.2. The minimum atomic E-state index is -0.500. The van der Waals surface area contributed by atoms with Crippen LogP contribution in [0, 0.1) is 0 Å². The Morgan fingerprint density at radius 2 is 1.83 bits per heavy atom. The van der Waals surface area contributed by atoms with Crippen molar-refractivity contribution >= 4 is 6.09 Å². The van der Waals surface area contributed by atoms with Crippen molar-refractivity contribution in [1.82, 2.24) is 10.2 Å². The zero-order valence-electron chi connectivity index (χ0n) is 15.5. The number of nitrogens with zero attached hydrogens (tertiary/aromatic N) is 1. The van der Waals surface area contributed by atoms with Crippen LogP contribution in [0.25, 0.3) is 0 Å². The highest BCUT2D eigenvalue weighted by Gasteiger charge is 2.24. The van der Waals surface area contributed by atoms with E-state index in [1.54, 1.807) is 0 Å². The van der Waals surface area contributed by atoms with Gasteiger partial charge in [0, 0.05) is 6.54 Å². The number of benzene rings is 1. The van der Waals surface area contributed by atoms with Crippen LogP contribution in [0.4, 0.5) is 4.79 Å². The summed E-state index contributed by atoms with van der Waals surface area (Å²) in [6, 6.07) is 7.84. The first-order valence-corrected chi connectivity index (χ1v) is 8.71. The Bertz CT molecular complexity index is 531. The van der Waals surface area contributed by atoms with Gasteiger partial charge in [0.25, 0.3) is 0 Å². The van der Waals surface area contributed by atoms with E-state index in [2.05, 4.69) is 10.2 Å². The molecule has 1 heterocycles. The molecule has 5 heteroatoms. The number of rotatable bonds is 6. The van der Waals surface area contributed by atoms with Gasteiger partial charge >= 0.3 is 6.09 Å². The Kier molecular flexibility index (Phi) is 6.10. The predicted octanol–water partition coefficient (Wildman–Crippen LogP) is 3.75. The van der Waals surface area contributed by atoms with E-state index in [1.807, 2.05) is 58.9 Å². The van der Waals surface area contributed by atoms with Gasteiger partial charge in [-0.2, -0.15) is 0 Å². The normalized spacial score (nSPS) is 16.4. The van der Waals surface area contributed by atoms with E-state index in [4.69, 9.17) is 9.47 Å².